The first-order valence-electron chi connectivity index (χ1n) is 7.40. The van der Waals surface area contributed by atoms with Crippen LogP contribution in [0.25, 0.3) is 0 Å². The molecule has 3 nitrogen and oxygen atoms in total. The van der Waals surface area contributed by atoms with E-state index in [1.807, 2.05) is 44.2 Å². The van der Waals surface area contributed by atoms with Gasteiger partial charge in [-0.05, 0) is 51.3 Å². The van der Waals surface area contributed by atoms with Gasteiger partial charge in [-0.3, -0.25) is 5.26 Å². The van der Waals surface area contributed by atoms with Crippen LogP contribution in [0.3, 0.4) is 0 Å². The van der Waals surface area contributed by atoms with Crippen molar-refractivity contribution in [2.45, 2.75) is 40.2 Å². The monoisotopic (exact) mass is 304 g/mol. The lowest BCUT2D eigenvalue weighted by atomic mass is 9.99. The molecule has 2 aromatic rings. The number of aryl methyl sites for hydroxylation is 2. The van der Waals surface area contributed by atoms with Gasteiger partial charge < -0.3 is 5.11 Å². The molecule has 122 valence electrons. The Labute approximate surface area is 134 Å². The van der Waals surface area contributed by atoms with Gasteiger partial charge in [-0.1, -0.05) is 54.6 Å². The number of hydrogen-bond donors (Lipinski definition) is 2. The summed E-state index contributed by atoms with van der Waals surface area (Å²) in [7, 11) is 0. The van der Waals surface area contributed by atoms with Crippen molar-refractivity contribution >= 4 is 0 Å². The highest BCUT2D eigenvalue weighted by Crippen LogP contribution is 2.22. The van der Waals surface area contributed by atoms with E-state index in [0.717, 1.165) is 5.56 Å². The molecular formula is C19H28O3. The van der Waals surface area contributed by atoms with E-state index in [0.29, 0.717) is 0 Å². The minimum Gasteiger partial charge on any atom is -0.397 e. The van der Waals surface area contributed by atoms with Gasteiger partial charge in [0, 0.05) is 6.61 Å². The fraction of sp³-hybridized carbons (Fsp3) is 0.368. The molecule has 2 N–H and O–H groups in total. The number of aliphatic hydroxyl groups excluding tert-OH is 1. The van der Waals surface area contributed by atoms with E-state index in [2.05, 4.69) is 43.0 Å². The fourth-order valence-corrected chi connectivity index (χ4v) is 1.55. The second-order valence-electron chi connectivity index (χ2n) is 5.37. The molecule has 3 heteroatoms. The van der Waals surface area contributed by atoms with Crippen molar-refractivity contribution in [3.63, 3.8) is 0 Å². The molecule has 0 fully saturated rings. The second-order valence-corrected chi connectivity index (χ2v) is 5.37. The van der Waals surface area contributed by atoms with Crippen molar-refractivity contribution in [1.82, 2.24) is 0 Å². The molecule has 0 saturated heterocycles. The highest BCUT2D eigenvalue weighted by atomic mass is 17.1. The first-order chi connectivity index (χ1) is 10.4. The van der Waals surface area contributed by atoms with E-state index < -0.39 is 5.60 Å². The lowest BCUT2D eigenvalue weighted by Crippen LogP contribution is -2.19. The standard InChI is InChI=1S/C9H12O2.C8H10.C2H6O/c1-9(2,11-10)8-6-4-3-5-7-8;1-7-5-3-4-6-8(7)2;1-2-3/h3-7,10H,1-2H3;3-6H,1-2H3;3H,2H2,1H3. The summed E-state index contributed by atoms with van der Waals surface area (Å²) in [5, 5.41) is 16.1. The zero-order valence-corrected chi connectivity index (χ0v) is 14.2. The smallest absolute Gasteiger partial charge is 0.123 e. The van der Waals surface area contributed by atoms with E-state index >= 15 is 0 Å². The molecule has 0 saturated carbocycles. The van der Waals surface area contributed by atoms with E-state index in [9.17, 15) is 0 Å². The van der Waals surface area contributed by atoms with Gasteiger partial charge >= 0.3 is 0 Å². The van der Waals surface area contributed by atoms with Crippen molar-refractivity contribution in [2.24, 2.45) is 0 Å². The number of benzene rings is 2. The molecule has 0 atom stereocenters. The third-order valence-corrected chi connectivity index (χ3v) is 3.12. The molecule has 0 bridgehead atoms. The van der Waals surface area contributed by atoms with Crippen molar-refractivity contribution < 1.29 is 15.3 Å². The average Bonchev–Trinajstić information content (AvgIpc) is 2.53. The first-order valence-corrected chi connectivity index (χ1v) is 7.40. The number of rotatable bonds is 2. The van der Waals surface area contributed by atoms with Crippen LogP contribution in [-0.2, 0) is 10.5 Å². The van der Waals surface area contributed by atoms with E-state index in [1.165, 1.54) is 11.1 Å². The summed E-state index contributed by atoms with van der Waals surface area (Å²) in [6, 6.07) is 17.9. The molecule has 2 aromatic carbocycles. The Bertz CT molecular complexity index is 486. The third kappa shape index (κ3) is 7.93. The van der Waals surface area contributed by atoms with Crippen LogP contribution in [0, 0.1) is 13.8 Å². The van der Waals surface area contributed by atoms with Gasteiger partial charge in [0.1, 0.15) is 5.60 Å². The molecule has 0 unspecified atom stereocenters. The summed E-state index contributed by atoms with van der Waals surface area (Å²) < 4.78 is 0. The molecule has 0 aliphatic heterocycles. The first kappa shape index (κ1) is 20.3. The second kappa shape index (κ2) is 11.0. The van der Waals surface area contributed by atoms with E-state index in [1.54, 1.807) is 6.92 Å². The predicted molar refractivity (Wildman–Crippen MR) is 91.9 cm³/mol. The minimum atomic E-state index is -0.610. The molecule has 0 aliphatic carbocycles. The van der Waals surface area contributed by atoms with Crippen LogP contribution in [-0.4, -0.2) is 17.0 Å². The molecule has 22 heavy (non-hydrogen) atoms. The highest BCUT2D eigenvalue weighted by Gasteiger charge is 2.20. The molecule has 0 aromatic heterocycles. The van der Waals surface area contributed by atoms with Crippen LogP contribution in [0.5, 0.6) is 0 Å². The van der Waals surface area contributed by atoms with E-state index in [4.69, 9.17) is 10.4 Å². The van der Waals surface area contributed by atoms with Crippen LogP contribution in [0.2, 0.25) is 0 Å². The SMILES string of the molecule is CC(C)(OO)c1ccccc1.CCO.Cc1ccccc1C. The zero-order valence-electron chi connectivity index (χ0n) is 14.2. The normalized spacial score (nSPS) is 9.95. The van der Waals surface area contributed by atoms with Crippen molar-refractivity contribution in [2.75, 3.05) is 6.61 Å². The Morgan fingerprint density at radius 2 is 1.23 bits per heavy atom. The maximum atomic E-state index is 8.55. The van der Waals surface area contributed by atoms with Gasteiger partial charge in [-0.25, -0.2) is 4.89 Å². The Morgan fingerprint density at radius 3 is 1.55 bits per heavy atom. The van der Waals surface area contributed by atoms with Gasteiger partial charge in [-0.2, -0.15) is 0 Å². The highest BCUT2D eigenvalue weighted by molar-refractivity contribution is 5.23. The van der Waals surface area contributed by atoms with Crippen molar-refractivity contribution in [1.29, 1.82) is 0 Å². The number of hydrogen-bond acceptors (Lipinski definition) is 3. The van der Waals surface area contributed by atoms with Gasteiger partial charge in [0.25, 0.3) is 0 Å². The van der Waals surface area contributed by atoms with Crippen LogP contribution < -0.4 is 0 Å². The van der Waals surface area contributed by atoms with Crippen LogP contribution in [0.15, 0.2) is 54.6 Å². The third-order valence-electron chi connectivity index (χ3n) is 3.12. The van der Waals surface area contributed by atoms with Crippen molar-refractivity contribution in [3.8, 4) is 0 Å². The topological polar surface area (TPSA) is 49.7 Å². The van der Waals surface area contributed by atoms with Gasteiger partial charge in [-0.15, -0.1) is 0 Å². The van der Waals surface area contributed by atoms with E-state index in [-0.39, 0.29) is 6.61 Å². The molecule has 2 rings (SSSR count). The number of aliphatic hydroxyl groups is 1. The fourth-order valence-electron chi connectivity index (χ4n) is 1.55. The van der Waals surface area contributed by atoms with Crippen LogP contribution in [0.1, 0.15) is 37.5 Å². The minimum absolute atomic E-state index is 0.250. The molecular weight excluding hydrogens is 276 g/mol. The quantitative estimate of drug-likeness (QED) is 0.624. The zero-order chi connectivity index (χ0) is 17.0. The maximum Gasteiger partial charge on any atom is 0.123 e. The summed E-state index contributed by atoms with van der Waals surface area (Å²) in [4.78, 5) is 4.32. The Kier molecular flexibility index (Phi) is 10.1. The molecule has 0 heterocycles. The molecule has 0 amide bonds. The Balaban J connectivity index is 0.000000352. The molecule has 0 spiro atoms. The summed E-state index contributed by atoms with van der Waals surface area (Å²) in [6.07, 6.45) is 0. The summed E-state index contributed by atoms with van der Waals surface area (Å²) >= 11 is 0. The summed E-state index contributed by atoms with van der Waals surface area (Å²) in [5.41, 5.74) is 3.09. The van der Waals surface area contributed by atoms with Crippen LogP contribution >= 0.6 is 0 Å². The van der Waals surface area contributed by atoms with Crippen molar-refractivity contribution in [3.05, 3.63) is 71.3 Å². The molecule has 0 radical (unpaired) electrons. The predicted octanol–water partition coefficient (Wildman–Crippen LogP) is 4.71. The average molecular weight is 304 g/mol. The summed E-state index contributed by atoms with van der Waals surface area (Å²) in [5.74, 6) is 0. The Hall–Kier alpha value is -1.68. The lowest BCUT2D eigenvalue weighted by molar-refractivity contribution is -0.318. The Morgan fingerprint density at radius 1 is 0.864 bits per heavy atom. The summed E-state index contributed by atoms with van der Waals surface area (Å²) in [6.45, 7) is 9.79. The van der Waals surface area contributed by atoms with Gasteiger partial charge in [0.15, 0.2) is 0 Å². The van der Waals surface area contributed by atoms with Crippen LogP contribution in [0.4, 0.5) is 0 Å². The van der Waals surface area contributed by atoms with Gasteiger partial charge in [0.05, 0.1) is 0 Å². The largest absolute Gasteiger partial charge is 0.397 e. The maximum absolute atomic E-state index is 8.55. The molecule has 0 aliphatic rings. The lowest BCUT2D eigenvalue weighted by Gasteiger charge is -2.20. The van der Waals surface area contributed by atoms with Gasteiger partial charge in [0.2, 0.25) is 0 Å².